The summed E-state index contributed by atoms with van der Waals surface area (Å²) >= 11 is 0. The number of carbonyl (C=O) groups is 11. The van der Waals surface area contributed by atoms with Crippen LogP contribution in [0.25, 0.3) is 11.2 Å². The largest absolute Gasteiger partial charge is 0.480 e. The highest BCUT2D eigenvalue weighted by Crippen LogP contribution is 2.64. The molecule has 5 unspecified atom stereocenters. The van der Waals surface area contributed by atoms with E-state index in [1.165, 1.54) is 94.6 Å². The Morgan fingerprint density at radius 1 is 0.752 bits per heavy atom. The molecule has 1 aliphatic heterocycles. The standard InChI is InChI=1S/C72H77N9O22S2/c1-36-47(31-72(97)59(102-66(95)42-20-14-9-15-21-42)57-70(6,48(84)30-49-71(57,35-98-49)103-38(3)83)58(87)55(99-37(2)82)52(36)69(72,4)5)100-67(96)56(53(39-16-10-7-11-17-39)79-62(89)40-18-12-8-13-19-40)101-51(86)28-29-104-105-34-46(65(93)94)77-50(85)27-26-45(64(91)92)78-61(88)41-22-24-43(25-23-41)74-32-44-33-75-60-54(76-44)63(90)81-68(73)80-60/h7-25,33,45-49,53,55-57,59,74,84,97H,26-32,34-35H2,1-6H3,(H,77,85)(H,78,88)(H,79,89)(H,91,92)(H,93,94)(H3,73,75,80,81,90)/t45?,46?,47?,48-,49+,53-,55+,56?,57?,59-,70+,71-,72+/m0/s1. The number of hydrogen-bond acceptors (Lipinski definition) is 27. The number of esters is 5. The number of aliphatic carboxylic acids is 2. The smallest absolute Gasteiger partial charge is 0.350 e. The molecular formula is C72H77N9O22S2. The van der Waals surface area contributed by atoms with Gasteiger partial charge in [-0.2, -0.15) is 4.98 Å². The van der Waals surface area contributed by atoms with E-state index < -0.39 is 186 Å². The number of anilines is 2. The third kappa shape index (κ3) is 16.5. The molecule has 3 amide bonds. The molecule has 11 N–H and O–H groups in total. The lowest BCUT2D eigenvalue weighted by Crippen LogP contribution is -2.82. The zero-order valence-electron chi connectivity index (χ0n) is 57.6. The number of carboxylic acid groups (broad SMARTS) is 2. The summed E-state index contributed by atoms with van der Waals surface area (Å²) in [5.74, 6) is -13.7. The van der Waals surface area contributed by atoms with Crippen molar-refractivity contribution < 1.29 is 102 Å². The van der Waals surface area contributed by atoms with Crippen LogP contribution in [0.5, 0.6) is 0 Å². The van der Waals surface area contributed by atoms with Crippen molar-refractivity contribution >= 4 is 110 Å². The van der Waals surface area contributed by atoms with Crippen LogP contribution in [0.2, 0.25) is 0 Å². The minimum Gasteiger partial charge on any atom is -0.480 e. The van der Waals surface area contributed by atoms with Gasteiger partial charge in [0.1, 0.15) is 42.0 Å². The van der Waals surface area contributed by atoms with E-state index in [1.54, 1.807) is 54.6 Å². The molecule has 4 aliphatic rings. The molecule has 3 aliphatic carbocycles. The number of ether oxygens (including phenoxy) is 6. The lowest BCUT2D eigenvalue weighted by Gasteiger charge is -2.67. The molecule has 554 valence electrons. The molecule has 0 spiro atoms. The third-order valence-corrected chi connectivity index (χ3v) is 21.8. The van der Waals surface area contributed by atoms with Crippen LogP contribution in [0, 0.1) is 16.7 Å². The van der Waals surface area contributed by atoms with Gasteiger partial charge in [0.05, 0.1) is 54.5 Å². The van der Waals surface area contributed by atoms with Crippen molar-refractivity contribution in [3.05, 3.63) is 171 Å². The summed E-state index contributed by atoms with van der Waals surface area (Å²) in [4.78, 5) is 180. The number of nitrogens with zero attached hydrogens (tertiary/aromatic N) is 3. The van der Waals surface area contributed by atoms with E-state index in [-0.39, 0.29) is 75.0 Å². The van der Waals surface area contributed by atoms with E-state index >= 15 is 9.59 Å². The molecule has 10 rings (SSSR count). The molecule has 105 heavy (non-hydrogen) atoms. The second kappa shape index (κ2) is 32.2. The van der Waals surface area contributed by atoms with Gasteiger partial charge < -0.3 is 75.8 Å². The fourth-order valence-electron chi connectivity index (χ4n) is 14.0. The Morgan fingerprint density at radius 2 is 1.38 bits per heavy atom. The molecule has 33 heteroatoms. The minimum atomic E-state index is -2.57. The Bertz CT molecular complexity index is 4440. The number of nitrogen functional groups attached to an aromatic ring is 1. The van der Waals surface area contributed by atoms with E-state index in [0.29, 0.717) is 11.4 Å². The number of H-pyrrole nitrogens is 1. The number of ketones is 1. The summed E-state index contributed by atoms with van der Waals surface area (Å²) < 4.78 is 37.1. The van der Waals surface area contributed by atoms with Crippen LogP contribution in [-0.4, -0.2) is 184 Å². The number of Topliss-reactive ketones (excluding diaryl/α,β-unsaturated/α-hetero) is 1. The van der Waals surface area contributed by atoms with E-state index in [4.69, 9.17) is 34.2 Å². The van der Waals surface area contributed by atoms with Crippen molar-refractivity contribution in [2.45, 2.75) is 146 Å². The van der Waals surface area contributed by atoms with Crippen LogP contribution in [-0.2, 0) is 73.3 Å². The van der Waals surface area contributed by atoms with Crippen LogP contribution in [0.3, 0.4) is 0 Å². The molecule has 6 aromatic rings. The van der Waals surface area contributed by atoms with Gasteiger partial charge in [0.25, 0.3) is 17.4 Å². The highest BCUT2D eigenvalue weighted by Gasteiger charge is 2.78. The Balaban J connectivity index is 0.847. The molecule has 0 radical (unpaired) electrons. The van der Waals surface area contributed by atoms with Gasteiger partial charge in [-0.25, -0.2) is 29.1 Å². The Hall–Kier alpha value is -10.6. The fourth-order valence-corrected chi connectivity index (χ4v) is 16.1. The lowest BCUT2D eigenvalue weighted by molar-refractivity contribution is -0.346. The number of aliphatic hydroxyl groups excluding tert-OH is 1. The first-order valence-corrected chi connectivity index (χ1v) is 35.7. The molecule has 13 atom stereocenters. The number of benzene rings is 4. The number of nitrogens with one attached hydrogen (secondary N) is 5. The Labute approximate surface area is 607 Å². The maximum absolute atomic E-state index is 15.9. The topological polar surface area (TPSA) is 470 Å². The summed E-state index contributed by atoms with van der Waals surface area (Å²) in [5.41, 5.74) is -2.22. The molecule has 3 heterocycles. The summed E-state index contributed by atoms with van der Waals surface area (Å²) in [6, 6.07) is 24.6. The number of rotatable bonds is 28. The van der Waals surface area contributed by atoms with Crippen molar-refractivity contribution in [2.24, 2.45) is 16.7 Å². The van der Waals surface area contributed by atoms with Crippen molar-refractivity contribution in [1.29, 1.82) is 0 Å². The average molecular weight is 1480 g/mol. The molecule has 31 nitrogen and oxygen atoms in total. The molecule has 4 aromatic carbocycles. The zero-order valence-corrected chi connectivity index (χ0v) is 59.2. The molecule has 2 aromatic heterocycles. The Kier molecular flexibility index (Phi) is 23.6. The van der Waals surface area contributed by atoms with Crippen molar-refractivity contribution in [2.75, 3.05) is 29.2 Å². The summed E-state index contributed by atoms with van der Waals surface area (Å²) in [6.45, 7) is 7.65. The van der Waals surface area contributed by atoms with Crippen LogP contribution in [0.1, 0.15) is 122 Å². The van der Waals surface area contributed by atoms with Gasteiger partial charge in [-0.05, 0) is 85.5 Å². The first-order valence-electron chi connectivity index (χ1n) is 33.2. The normalized spacial score (nSPS) is 23.9. The summed E-state index contributed by atoms with van der Waals surface area (Å²) in [7, 11) is 1.90. The summed E-state index contributed by atoms with van der Waals surface area (Å²) in [5, 5.41) is 57.2. The number of aromatic nitrogens is 4. The number of amides is 3. The lowest BCUT2D eigenvalue weighted by atomic mass is 9.44. The molecule has 3 fully saturated rings. The number of nitrogens with two attached hydrogens (primary N) is 1. The number of hydrogen-bond donors (Lipinski definition) is 10. The van der Waals surface area contributed by atoms with Gasteiger partial charge in [0.15, 0.2) is 28.7 Å². The molecule has 1 saturated heterocycles. The van der Waals surface area contributed by atoms with Crippen molar-refractivity contribution in [3.63, 3.8) is 0 Å². The molecular weight excluding hydrogens is 1410 g/mol. The number of carboxylic acids is 2. The van der Waals surface area contributed by atoms with Gasteiger partial charge in [0.2, 0.25) is 18.0 Å². The quantitative estimate of drug-likeness (QED) is 0.0106. The van der Waals surface area contributed by atoms with E-state index in [9.17, 15) is 68.4 Å². The van der Waals surface area contributed by atoms with Gasteiger partial charge in [-0.15, -0.1) is 0 Å². The first kappa shape index (κ1) is 77.0. The van der Waals surface area contributed by atoms with Gasteiger partial charge in [-0.3, -0.25) is 43.3 Å². The predicted octanol–water partition coefficient (Wildman–Crippen LogP) is 4.51. The predicted molar refractivity (Wildman–Crippen MR) is 375 cm³/mol. The van der Waals surface area contributed by atoms with Crippen molar-refractivity contribution in [1.82, 2.24) is 35.9 Å². The maximum Gasteiger partial charge on any atom is 0.350 e. The van der Waals surface area contributed by atoms with Gasteiger partial charge in [0, 0.05) is 66.8 Å². The van der Waals surface area contributed by atoms with Gasteiger partial charge in [-0.1, -0.05) is 102 Å². The number of fused-ring (bicyclic) bond motifs is 6. The maximum atomic E-state index is 15.9. The number of aromatic amines is 1. The number of carbonyl (C=O) groups excluding carboxylic acids is 9. The van der Waals surface area contributed by atoms with Crippen LogP contribution in [0.15, 0.2) is 137 Å². The number of aliphatic hydroxyl groups is 2. The highest BCUT2D eigenvalue weighted by atomic mass is 33.1. The van der Waals surface area contributed by atoms with Crippen molar-refractivity contribution in [3.8, 4) is 0 Å². The third-order valence-electron chi connectivity index (χ3n) is 19.4. The summed E-state index contributed by atoms with van der Waals surface area (Å²) in [6.07, 6.45) is -11.6. The van der Waals surface area contributed by atoms with Crippen LogP contribution >= 0.6 is 21.6 Å². The molecule has 2 saturated carbocycles. The van der Waals surface area contributed by atoms with Crippen LogP contribution < -0.4 is 32.6 Å². The molecule has 2 bridgehead atoms. The van der Waals surface area contributed by atoms with Gasteiger partial charge >= 0.3 is 41.8 Å². The van der Waals surface area contributed by atoms with E-state index in [0.717, 1.165) is 35.4 Å². The van der Waals surface area contributed by atoms with E-state index in [2.05, 4.69) is 41.2 Å². The van der Waals surface area contributed by atoms with Crippen LogP contribution in [0.4, 0.5) is 11.6 Å². The first-order chi connectivity index (χ1) is 49.9. The second-order valence-electron chi connectivity index (χ2n) is 26.5. The Morgan fingerprint density at radius 3 is 2.00 bits per heavy atom. The average Bonchev–Trinajstić information content (AvgIpc) is 0.668. The zero-order chi connectivity index (χ0) is 75.9. The van der Waals surface area contributed by atoms with E-state index in [1.807, 2.05) is 0 Å². The monoisotopic (exact) mass is 1480 g/mol. The minimum absolute atomic E-state index is 0.0145. The fraction of sp³-hybridized carbons (Fsp3) is 0.403. The SMILES string of the molecule is CC(=O)O[C@H]1C(=O)[C@@]2(C)C([C@H](OC(=O)c3ccccc3)[C@]3(O)CC(OC(=O)C(OC(=O)CCSSCC(NC(=O)CCC(NC(=O)c4ccc(NCc5cnc6nc(N)[nH]c(=O)c6n5)cc4)C(=O)O)C(=O)O)[C@@H](NC(=O)c4ccccc4)c4ccccc4)C(C)=C1C3(C)C)[C@]1(OC(C)=O)CO[C@@H]1C[C@@H]2O. The highest BCUT2D eigenvalue weighted by molar-refractivity contribution is 8.76. The second-order valence-corrected chi connectivity index (χ2v) is 29.1.